The predicted octanol–water partition coefficient (Wildman–Crippen LogP) is 4.57. The van der Waals surface area contributed by atoms with E-state index in [9.17, 15) is 4.79 Å². The molecule has 0 bridgehead atoms. The first-order valence-corrected chi connectivity index (χ1v) is 10.0. The Hall–Kier alpha value is -3.38. The van der Waals surface area contributed by atoms with Crippen LogP contribution in [-0.2, 0) is 17.8 Å². The summed E-state index contributed by atoms with van der Waals surface area (Å²) < 4.78 is 3.65. The maximum Gasteiger partial charge on any atom is 0.229 e. The topological polar surface area (TPSA) is 64.7 Å². The zero-order valence-corrected chi connectivity index (χ0v) is 17.6. The molecule has 0 spiro atoms. The Morgan fingerprint density at radius 2 is 1.70 bits per heavy atom. The minimum Gasteiger partial charge on any atom is -0.311 e. The highest BCUT2D eigenvalue weighted by molar-refractivity contribution is 6.30. The van der Waals surface area contributed by atoms with Crippen LogP contribution in [0.15, 0.2) is 66.9 Å². The quantitative estimate of drug-likeness (QED) is 0.498. The van der Waals surface area contributed by atoms with E-state index >= 15 is 0 Å². The van der Waals surface area contributed by atoms with Crippen LogP contribution < -0.4 is 5.32 Å². The molecule has 1 N–H and O–H groups in total. The van der Waals surface area contributed by atoms with Crippen molar-refractivity contribution >= 4 is 23.3 Å². The normalized spacial score (nSPS) is 10.9. The minimum atomic E-state index is -0.0910. The summed E-state index contributed by atoms with van der Waals surface area (Å²) in [5, 5.41) is 12.4. The molecule has 1 amide bonds. The number of amides is 1. The van der Waals surface area contributed by atoms with Crippen molar-refractivity contribution in [1.82, 2.24) is 19.6 Å². The van der Waals surface area contributed by atoms with Gasteiger partial charge in [0.05, 0.1) is 30.5 Å². The third-order valence-electron chi connectivity index (χ3n) is 4.78. The Kier molecular flexibility index (Phi) is 5.68. The van der Waals surface area contributed by atoms with Gasteiger partial charge in [-0.1, -0.05) is 35.9 Å². The lowest BCUT2D eigenvalue weighted by Crippen LogP contribution is -2.18. The van der Waals surface area contributed by atoms with E-state index in [2.05, 4.69) is 15.5 Å². The van der Waals surface area contributed by atoms with Gasteiger partial charge >= 0.3 is 0 Å². The standard InChI is InChI=1S/C23H22ClN5O/c1-16-13-17(2)29(27-16)21-9-5-18(6-10-21)14-23(30)26-22-11-12-25-28(22)15-19-3-7-20(24)8-4-19/h3-13H,14-15H2,1-2H3,(H,26,30). The van der Waals surface area contributed by atoms with E-state index in [0.29, 0.717) is 17.4 Å². The van der Waals surface area contributed by atoms with Gasteiger partial charge in [-0.15, -0.1) is 0 Å². The molecule has 0 unspecified atom stereocenters. The molecule has 0 aliphatic heterocycles. The lowest BCUT2D eigenvalue weighted by molar-refractivity contribution is -0.115. The highest BCUT2D eigenvalue weighted by Gasteiger charge is 2.10. The van der Waals surface area contributed by atoms with Crippen LogP contribution in [-0.4, -0.2) is 25.5 Å². The van der Waals surface area contributed by atoms with Crippen molar-refractivity contribution in [2.24, 2.45) is 0 Å². The number of halogens is 1. The number of aromatic nitrogens is 4. The van der Waals surface area contributed by atoms with Crippen molar-refractivity contribution in [3.8, 4) is 5.69 Å². The van der Waals surface area contributed by atoms with Crippen LogP contribution in [0.3, 0.4) is 0 Å². The second-order valence-electron chi connectivity index (χ2n) is 7.23. The Labute approximate surface area is 180 Å². The zero-order chi connectivity index (χ0) is 21.1. The SMILES string of the molecule is Cc1cc(C)n(-c2ccc(CC(=O)Nc3ccnn3Cc3ccc(Cl)cc3)cc2)n1. The second-order valence-corrected chi connectivity index (χ2v) is 7.67. The van der Waals surface area contributed by atoms with Gasteiger partial charge in [0.1, 0.15) is 5.82 Å². The molecule has 0 saturated heterocycles. The molecule has 2 aromatic carbocycles. The summed E-state index contributed by atoms with van der Waals surface area (Å²) in [6.45, 7) is 4.55. The van der Waals surface area contributed by atoms with Crippen molar-refractivity contribution in [2.45, 2.75) is 26.8 Å². The third kappa shape index (κ3) is 4.60. The Bertz CT molecular complexity index is 1160. The highest BCUT2D eigenvalue weighted by Crippen LogP contribution is 2.16. The number of nitrogens with one attached hydrogen (secondary N) is 1. The molecule has 4 aromatic rings. The van der Waals surface area contributed by atoms with Gasteiger partial charge in [-0.05, 0) is 55.3 Å². The molecule has 30 heavy (non-hydrogen) atoms. The molecule has 7 heteroatoms. The number of carbonyl (C=O) groups is 1. The van der Waals surface area contributed by atoms with Crippen LogP contribution in [0, 0.1) is 13.8 Å². The highest BCUT2D eigenvalue weighted by atomic mass is 35.5. The molecule has 6 nitrogen and oxygen atoms in total. The van der Waals surface area contributed by atoms with Crippen molar-refractivity contribution in [1.29, 1.82) is 0 Å². The predicted molar refractivity (Wildman–Crippen MR) is 118 cm³/mol. The zero-order valence-electron chi connectivity index (χ0n) is 16.8. The third-order valence-corrected chi connectivity index (χ3v) is 5.04. The number of hydrogen-bond acceptors (Lipinski definition) is 3. The summed E-state index contributed by atoms with van der Waals surface area (Å²) in [5.74, 6) is 0.570. The molecule has 152 valence electrons. The van der Waals surface area contributed by atoms with Crippen molar-refractivity contribution in [3.05, 3.63) is 94.4 Å². The number of aryl methyl sites for hydroxylation is 2. The average Bonchev–Trinajstić information content (AvgIpc) is 3.29. The van der Waals surface area contributed by atoms with Gasteiger partial charge < -0.3 is 5.32 Å². The minimum absolute atomic E-state index is 0.0910. The summed E-state index contributed by atoms with van der Waals surface area (Å²) >= 11 is 5.94. The Morgan fingerprint density at radius 1 is 1.00 bits per heavy atom. The maximum atomic E-state index is 12.6. The van der Waals surface area contributed by atoms with E-state index in [1.54, 1.807) is 16.9 Å². The van der Waals surface area contributed by atoms with E-state index in [0.717, 1.165) is 28.2 Å². The molecule has 0 radical (unpaired) electrons. The first kappa shape index (κ1) is 19.9. The summed E-state index contributed by atoms with van der Waals surface area (Å²) in [5.41, 5.74) is 5.02. The molecule has 2 heterocycles. The first-order valence-electron chi connectivity index (χ1n) is 9.66. The van der Waals surface area contributed by atoms with Gasteiger partial charge in [0, 0.05) is 16.8 Å². The van der Waals surface area contributed by atoms with Crippen LogP contribution in [0.25, 0.3) is 5.69 Å². The molecule has 0 atom stereocenters. The van der Waals surface area contributed by atoms with Crippen LogP contribution in [0.5, 0.6) is 0 Å². The molecule has 0 aliphatic carbocycles. The van der Waals surface area contributed by atoms with Gasteiger partial charge in [-0.25, -0.2) is 9.36 Å². The van der Waals surface area contributed by atoms with Crippen LogP contribution >= 0.6 is 11.6 Å². The Morgan fingerprint density at radius 3 is 2.37 bits per heavy atom. The molecule has 0 fully saturated rings. The number of rotatable bonds is 6. The molecule has 0 saturated carbocycles. The fraction of sp³-hybridized carbons (Fsp3) is 0.174. The maximum absolute atomic E-state index is 12.6. The molecular formula is C23H22ClN5O. The summed E-state index contributed by atoms with van der Waals surface area (Å²) in [4.78, 5) is 12.6. The number of benzene rings is 2. The van der Waals surface area contributed by atoms with E-state index in [1.165, 1.54) is 0 Å². The van der Waals surface area contributed by atoms with Crippen molar-refractivity contribution < 1.29 is 4.79 Å². The van der Waals surface area contributed by atoms with Gasteiger partial charge in [-0.3, -0.25) is 4.79 Å². The van der Waals surface area contributed by atoms with Crippen LogP contribution in [0.1, 0.15) is 22.5 Å². The largest absolute Gasteiger partial charge is 0.311 e. The molecular weight excluding hydrogens is 398 g/mol. The first-order chi connectivity index (χ1) is 14.5. The van der Waals surface area contributed by atoms with Crippen molar-refractivity contribution in [3.63, 3.8) is 0 Å². The number of carbonyl (C=O) groups excluding carboxylic acids is 1. The van der Waals surface area contributed by atoms with E-state index in [-0.39, 0.29) is 12.3 Å². The van der Waals surface area contributed by atoms with Gasteiger partial charge in [0.2, 0.25) is 5.91 Å². The van der Waals surface area contributed by atoms with Gasteiger partial charge in [-0.2, -0.15) is 10.2 Å². The fourth-order valence-electron chi connectivity index (χ4n) is 3.35. The Balaban J connectivity index is 1.40. The summed E-state index contributed by atoms with van der Waals surface area (Å²) in [7, 11) is 0. The van der Waals surface area contributed by atoms with Gasteiger partial charge in [0.25, 0.3) is 0 Å². The smallest absolute Gasteiger partial charge is 0.229 e. The number of nitrogens with zero attached hydrogens (tertiary/aromatic N) is 4. The molecule has 0 aliphatic rings. The second kappa shape index (κ2) is 8.55. The number of anilines is 1. The fourth-order valence-corrected chi connectivity index (χ4v) is 3.47. The lowest BCUT2D eigenvalue weighted by atomic mass is 10.1. The van der Waals surface area contributed by atoms with Crippen molar-refractivity contribution in [2.75, 3.05) is 5.32 Å². The monoisotopic (exact) mass is 419 g/mol. The average molecular weight is 420 g/mol. The summed E-state index contributed by atoms with van der Waals surface area (Å²) in [6, 6.07) is 19.3. The number of hydrogen-bond donors (Lipinski definition) is 1. The molecule has 2 aromatic heterocycles. The van der Waals surface area contributed by atoms with Crippen LogP contribution in [0.4, 0.5) is 5.82 Å². The van der Waals surface area contributed by atoms with E-state index < -0.39 is 0 Å². The molecule has 4 rings (SSSR count). The van der Waals surface area contributed by atoms with Gasteiger partial charge in [0.15, 0.2) is 0 Å². The van der Waals surface area contributed by atoms with Crippen LogP contribution in [0.2, 0.25) is 5.02 Å². The summed E-state index contributed by atoms with van der Waals surface area (Å²) in [6.07, 6.45) is 1.96. The lowest BCUT2D eigenvalue weighted by Gasteiger charge is -2.10. The van der Waals surface area contributed by atoms with E-state index in [4.69, 9.17) is 11.6 Å². The van der Waals surface area contributed by atoms with E-state index in [1.807, 2.05) is 73.1 Å².